The van der Waals surface area contributed by atoms with Crippen LogP contribution in [0, 0.1) is 6.92 Å². The molecule has 1 aliphatic rings. The van der Waals surface area contributed by atoms with E-state index in [0.29, 0.717) is 18.0 Å². The molecule has 36 heavy (non-hydrogen) atoms. The molecule has 0 bridgehead atoms. The molecule has 1 aliphatic heterocycles. The highest BCUT2D eigenvalue weighted by molar-refractivity contribution is 7.92. The van der Waals surface area contributed by atoms with E-state index in [9.17, 15) is 13.2 Å². The van der Waals surface area contributed by atoms with E-state index in [1.165, 1.54) is 18.4 Å². The van der Waals surface area contributed by atoms with Gasteiger partial charge in [-0.2, -0.15) is 0 Å². The van der Waals surface area contributed by atoms with Gasteiger partial charge in [-0.15, -0.1) is 0 Å². The Morgan fingerprint density at radius 3 is 2.14 bits per heavy atom. The molecule has 3 aromatic rings. The zero-order valence-corrected chi connectivity index (χ0v) is 21.6. The van der Waals surface area contributed by atoms with Gasteiger partial charge in [0.1, 0.15) is 12.3 Å². The van der Waals surface area contributed by atoms with Gasteiger partial charge in [0.25, 0.3) is 10.0 Å². The van der Waals surface area contributed by atoms with E-state index in [2.05, 4.69) is 22.3 Å². The van der Waals surface area contributed by atoms with Crippen molar-refractivity contribution in [2.75, 3.05) is 31.0 Å². The van der Waals surface area contributed by atoms with E-state index >= 15 is 0 Å². The van der Waals surface area contributed by atoms with Gasteiger partial charge in [-0.25, -0.2) is 8.42 Å². The third kappa shape index (κ3) is 6.44. The molecular formula is C28H33N3O4S. The van der Waals surface area contributed by atoms with Gasteiger partial charge in [-0.3, -0.25) is 14.0 Å². The van der Waals surface area contributed by atoms with Gasteiger partial charge in [-0.05, 0) is 80.4 Å². The number of likely N-dealkylation sites (tertiary alicyclic amines) is 1. The Hall–Kier alpha value is -3.36. The zero-order valence-electron chi connectivity index (χ0n) is 20.8. The van der Waals surface area contributed by atoms with Crippen LogP contribution in [0.5, 0.6) is 5.75 Å². The summed E-state index contributed by atoms with van der Waals surface area (Å²) < 4.78 is 33.3. The standard InChI is InChI=1S/C28H33N3O4S/c1-22-5-15-27(16-6-22)36(33,34)31(25-11-13-26(35-2)14-12-25)21-28(32)29-19-23-7-9-24(10-8-23)20-30-17-3-4-18-30/h5-16H,3-4,17-21H2,1-2H3,(H,29,32). The summed E-state index contributed by atoms with van der Waals surface area (Å²) in [6, 6.07) is 21.4. The number of benzene rings is 3. The lowest BCUT2D eigenvalue weighted by molar-refractivity contribution is -0.119. The van der Waals surface area contributed by atoms with Crippen molar-refractivity contribution >= 4 is 21.6 Å². The Labute approximate surface area is 213 Å². The zero-order chi connectivity index (χ0) is 25.5. The van der Waals surface area contributed by atoms with Gasteiger partial charge >= 0.3 is 0 Å². The van der Waals surface area contributed by atoms with Crippen LogP contribution in [0.4, 0.5) is 5.69 Å². The van der Waals surface area contributed by atoms with Crippen molar-refractivity contribution < 1.29 is 17.9 Å². The molecule has 3 aromatic carbocycles. The summed E-state index contributed by atoms with van der Waals surface area (Å²) in [5.41, 5.74) is 3.56. The van der Waals surface area contributed by atoms with E-state index < -0.39 is 10.0 Å². The van der Waals surface area contributed by atoms with E-state index in [1.807, 2.05) is 19.1 Å². The highest BCUT2D eigenvalue weighted by Gasteiger charge is 2.27. The number of carbonyl (C=O) groups excluding carboxylic acids is 1. The lowest BCUT2D eigenvalue weighted by atomic mass is 10.1. The second-order valence-corrected chi connectivity index (χ2v) is 11.0. The fourth-order valence-electron chi connectivity index (χ4n) is 4.25. The minimum absolute atomic E-state index is 0.130. The number of ether oxygens (including phenoxy) is 1. The number of carbonyl (C=O) groups is 1. The highest BCUT2D eigenvalue weighted by atomic mass is 32.2. The third-order valence-corrected chi connectivity index (χ3v) is 8.16. The molecule has 1 heterocycles. The van der Waals surface area contributed by atoms with Crippen LogP contribution in [0.3, 0.4) is 0 Å². The summed E-state index contributed by atoms with van der Waals surface area (Å²) in [7, 11) is -2.41. The molecule has 1 fully saturated rings. The Kier molecular flexibility index (Phi) is 8.28. The molecule has 7 nitrogen and oxygen atoms in total. The molecule has 1 saturated heterocycles. The van der Waals surface area contributed by atoms with Crippen LogP contribution in [0.25, 0.3) is 0 Å². The van der Waals surface area contributed by atoms with Crippen LogP contribution in [-0.4, -0.2) is 46.0 Å². The number of nitrogens with one attached hydrogen (secondary N) is 1. The van der Waals surface area contributed by atoms with Crippen molar-refractivity contribution in [2.45, 2.75) is 37.8 Å². The average Bonchev–Trinajstić information content (AvgIpc) is 3.40. The first-order valence-electron chi connectivity index (χ1n) is 12.2. The highest BCUT2D eigenvalue weighted by Crippen LogP contribution is 2.26. The van der Waals surface area contributed by atoms with Crippen molar-refractivity contribution in [3.05, 3.63) is 89.5 Å². The Balaban J connectivity index is 1.45. The van der Waals surface area contributed by atoms with E-state index in [4.69, 9.17) is 4.74 Å². The maximum Gasteiger partial charge on any atom is 0.264 e. The molecule has 4 rings (SSSR count). The lowest BCUT2D eigenvalue weighted by Gasteiger charge is -2.24. The minimum atomic E-state index is -3.96. The molecule has 0 atom stereocenters. The predicted molar refractivity (Wildman–Crippen MR) is 142 cm³/mol. The summed E-state index contributed by atoms with van der Waals surface area (Å²) >= 11 is 0. The van der Waals surface area contributed by atoms with Crippen molar-refractivity contribution in [2.24, 2.45) is 0 Å². The first-order valence-corrected chi connectivity index (χ1v) is 13.6. The summed E-state index contributed by atoms with van der Waals surface area (Å²) in [5, 5.41) is 2.87. The van der Waals surface area contributed by atoms with Crippen LogP contribution in [0.15, 0.2) is 77.7 Å². The topological polar surface area (TPSA) is 79.0 Å². The van der Waals surface area contributed by atoms with Crippen molar-refractivity contribution in [1.82, 2.24) is 10.2 Å². The number of nitrogens with zero attached hydrogens (tertiary/aromatic N) is 2. The third-order valence-electron chi connectivity index (χ3n) is 6.37. The molecule has 1 N–H and O–H groups in total. The minimum Gasteiger partial charge on any atom is -0.497 e. The number of sulfonamides is 1. The molecule has 0 aromatic heterocycles. The van der Waals surface area contributed by atoms with Gasteiger partial charge in [0.05, 0.1) is 17.7 Å². The molecule has 8 heteroatoms. The number of aryl methyl sites for hydroxylation is 1. The quantitative estimate of drug-likeness (QED) is 0.447. The van der Waals surface area contributed by atoms with Crippen molar-refractivity contribution in [3.63, 3.8) is 0 Å². The Morgan fingerprint density at radius 2 is 1.53 bits per heavy atom. The second kappa shape index (κ2) is 11.6. The first-order chi connectivity index (χ1) is 17.3. The number of amides is 1. The molecule has 1 amide bonds. The number of anilines is 1. The molecule has 0 aliphatic carbocycles. The molecule has 0 saturated carbocycles. The van der Waals surface area contributed by atoms with Crippen LogP contribution >= 0.6 is 0 Å². The number of hydrogen-bond donors (Lipinski definition) is 1. The summed E-state index contributed by atoms with van der Waals surface area (Å²) in [5.74, 6) is 0.215. The Morgan fingerprint density at radius 1 is 0.917 bits per heavy atom. The normalized spacial score (nSPS) is 13.9. The number of methoxy groups -OCH3 is 1. The fraction of sp³-hybridized carbons (Fsp3) is 0.321. The molecule has 0 spiro atoms. The van der Waals surface area contributed by atoms with Gasteiger partial charge in [0, 0.05) is 13.1 Å². The van der Waals surface area contributed by atoms with Crippen molar-refractivity contribution in [1.29, 1.82) is 0 Å². The SMILES string of the molecule is COc1ccc(N(CC(=O)NCc2ccc(CN3CCCC3)cc2)S(=O)(=O)c2ccc(C)cc2)cc1. The maximum atomic E-state index is 13.5. The van der Waals surface area contributed by atoms with Crippen LogP contribution in [0.1, 0.15) is 29.5 Å². The van der Waals surface area contributed by atoms with Crippen LogP contribution in [-0.2, 0) is 27.9 Å². The van der Waals surface area contributed by atoms with E-state index in [-0.39, 0.29) is 17.3 Å². The smallest absolute Gasteiger partial charge is 0.264 e. The molecule has 0 radical (unpaired) electrons. The van der Waals surface area contributed by atoms with E-state index in [1.54, 1.807) is 55.6 Å². The van der Waals surface area contributed by atoms with Crippen LogP contribution < -0.4 is 14.4 Å². The number of hydrogen-bond acceptors (Lipinski definition) is 5. The summed E-state index contributed by atoms with van der Waals surface area (Å²) in [6.45, 7) is 5.12. The predicted octanol–water partition coefficient (Wildman–Crippen LogP) is 4.11. The molecule has 0 unspecified atom stereocenters. The lowest BCUT2D eigenvalue weighted by Crippen LogP contribution is -2.40. The molecule has 190 valence electrons. The van der Waals surface area contributed by atoms with Crippen LogP contribution in [0.2, 0.25) is 0 Å². The number of rotatable bonds is 10. The second-order valence-electron chi connectivity index (χ2n) is 9.10. The van der Waals surface area contributed by atoms with Gasteiger partial charge in [0.2, 0.25) is 5.91 Å². The fourth-order valence-corrected chi connectivity index (χ4v) is 5.67. The first kappa shape index (κ1) is 25.7. The van der Waals surface area contributed by atoms with E-state index in [0.717, 1.165) is 35.1 Å². The molecular weight excluding hydrogens is 474 g/mol. The van der Waals surface area contributed by atoms with Gasteiger partial charge < -0.3 is 10.1 Å². The van der Waals surface area contributed by atoms with Crippen molar-refractivity contribution in [3.8, 4) is 5.75 Å². The van der Waals surface area contributed by atoms with Gasteiger partial charge in [-0.1, -0.05) is 42.0 Å². The van der Waals surface area contributed by atoms with Gasteiger partial charge in [0.15, 0.2) is 0 Å². The Bertz CT molecular complexity index is 1250. The monoisotopic (exact) mass is 507 g/mol. The summed E-state index contributed by atoms with van der Waals surface area (Å²) in [6.07, 6.45) is 2.52. The average molecular weight is 508 g/mol. The summed E-state index contributed by atoms with van der Waals surface area (Å²) in [4.78, 5) is 15.5. The maximum absolute atomic E-state index is 13.5. The largest absolute Gasteiger partial charge is 0.497 e.